The molecule has 0 bridgehead atoms. The fourth-order valence-electron chi connectivity index (χ4n) is 3.57. The number of likely N-dealkylation sites (tertiary alicyclic amines) is 1. The number of hydrogen-bond donors (Lipinski definition) is 0. The van der Waals surface area contributed by atoms with Crippen molar-refractivity contribution in [1.29, 1.82) is 0 Å². The van der Waals surface area contributed by atoms with Crippen LogP contribution in [0.4, 0.5) is 4.39 Å². The van der Waals surface area contributed by atoms with Gasteiger partial charge in [-0.2, -0.15) is 5.10 Å². The van der Waals surface area contributed by atoms with Gasteiger partial charge in [-0.25, -0.2) is 9.07 Å². The second-order valence-corrected chi connectivity index (χ2v) is 7.20. The minimum Gasteiger partial charge on any atom is -0.342 e. The Bertz CT molecular complexity index is 867. The van der Waals surface area contributed by atoms with Crippen molar-refractivity contribution < 1.29 is 9.18 Å². The van der Waals surface area contributed by atoms with Crippen molar-refractivity contribution in [3.8, 4) is 0 Å². The average Bonchev–Trinajstić information content (AvgIpc) is 3.49. The molecule has 2 fully saturated rings. The highest BCUT2D eigenvalue weighted by molar-refractivity contribution is 5.78. The summed E-state index contributed by atoms with van der Waals surface area (Å²) in [5.74, 6) is 0.0910. The van der Waals surface area contributed by atoms with E-state index in [9.17, 15) is 14.0 Å². The first-order valence-corrected chi connectivity index (χ1v) is 9.23. The van der Waals surface area contributed by atoms with Gasteiger partial charge in [-0.3, -0.25) is 9.59 Å². The lowest BCUT2D eigenvalue weighted by atomic mass is 10.0. The molecule has 0 atom stereocenters. The Morgan fingerprint density at radius 3 is 2.50 bits per heavy atom. The molecule has 5 nitrogen and oxygen atoms in total. The van der Waals surface area contributed by atoms with E-state index in [1.54, 1.807) is 33.8 Å². The predicted octanol–water partition coefficient (Wildman–Crippen LogP) is 2.67. The molecule has 1 aromatic heterocycles. The lowest BCUT2D eigenvalue weighted by molar-refractivity contribution is -0.131. The Morgan fingerprint density at radius 1 is 1.08 bits per heavy atom. The molecule has 26 heavy (non-hydrogen) atoms. The summed E-state index contributed by atoms with van der Waals surface area (Å²) in [5, 5.41) is 4.56. The van der Waals surface area contributed by atoms with Crippen molar-refractivity contribution in [1.82, 2.24) is 14.7 Å². The molecule has 0 unspecified atom stereocenters. The van der Waals surface area contributed by atoms with Crippen LogP contribution in [0, 0.1) is 5.82 Å². The molecule has 4 rings (SSSR count). The smallest absolute Gasteiger partial charge is 0.267 e. The van der Waals surface area contributed by atoms with Crippen LogP contribution < -0.4 is 5.56 Å². The molecule has 1 aliphatic carbocycles. The van der Waals surface area contributed by atoms with Crippen molar-refractivity contribution in [2.75, 3.05) is 13.1 Å². The predicted molar refractivity (Wildman–Crippen MR) is 95.4 cm³/mol. The van der Waals surface area contributed by atoms with Crippen LogP contribution in [0.2, 0.25) is 0 Å². The molecule has 136 valence electrons. The first kappa shape index (κ1) is 16.9. The van der Waals surface area contributed by atoms with Crippen LogP contribution in [0.15, 0.2) is 41.2 Å². The quantitative estimate of drug-likeness (QED) is 0.847. The van der Waals surface area contributed by atoms with Gasteiger partial charge in [0.05, 0.1) is 18.2 Å². The van der Waals surface area contributed by atoms with E-state index < -0.39 is 0 Å². The maximum Gasteiger partial charge on any atom is 0.267 e. The van der Waals surface area contributed by atoms with Gasteiger partial charge in [0.25, 0.3) is 5.56 Å². The summed E-state index contributed by atoms with van der Waals surface area (Å²) in [7, 11) is 0. The van der Waals surface area contributed by atoms with Crippen molar-refractivity contribution >= 4 is 5.91 Å². The van der Waals surface area contributed by atoms with Gasteiger partial charge >= 0.3 is 0 Å². The number of piperidine rings is 1. The number of halogens is 1. The Labute approximate surface area is 151 Å². The molecule has 1 aliphatic heterocycles. The van der Waals surface area contributed by atoms with E-state index in [0.29, 0.717) is 37.4 Å². The van der Waals surface area contributed by atoms with E-state index in [-0.39, 0.29) is 29.7 Å². The van der Waals surface area contributed by atoms with Crippen LogP contribution in [0.5, 0.6) is 0 Å². The largest absolute Gasteiger partial charge is 0.342 e. The number of hydrogen-bond acceptors (Lipinski definition) is 3. The Morgan fingerprint density at radius 2 is 1.81 bits per heavy atom. The van der Waals surface area contributed by atoms with Gasteiger partial charge < -0.3 is 4.90 Å². The van der Waals surface area contributed by atoms with E-state index in [2.05, 4.69) is 5.10 Å². The van der Waals surface area contributed by atoms with Gasteiger partial charge in [0.2, 0.25) is 5.91 Å². The third-order valence-electron chi connectivity index (χ3n) is 5.30. The standard InChI is InChI=1S/C20H22FN3O2/c21-17-4-2-1-3-15(17)13-20(26)23-11-9-16(10-12-23)24-19(25)8-7-18(22-24)14-5-6-14/h1-4,7-8,14,16H,5-6,9-13H2. The first-order chi connectivity index (χ1) is 12.6. The minimum absolute atomic E-state index is 0.0266. The Balaban J connectivity index is 1.40. The molecule has 6 heteroatoms. The van der Waals surface area contributed by atoms with E-state index in [4.69, 9.17) is 0 Å². The highest BCUT2D eigenvalue weighted by atomic mass is 19.1. The number of carbonyl (C=O) groups excluding carboxylic acids is 1. The maximum atomic E-state index is 13.7. The van der Waals surface area contributed by atoms with Crippen molar-refractivity contribution in [3.05, 3.63) is 63.8 Å². The molecular formula is C20H22FN3O2. The number of rotatable bonds is 4. The van der Waals surface area contributed by atoms with Crippen LogP contribution in [0.1, 0.15) is 48.9 Å². The van der Waals surface area contributed by atoms with Gasteiger partial charge in [0.1, 0.15) is 5.82 Å². The summed E-state index contributed by atoms with van der Waals surface area (Å²) >= 11 is 0. The van der Waals surface area contributed by atoms with Gasteiger partial charge in [-0.1, -0.05) is 18.2 Å². The normalized spacial score (nSPS) is 18.1. The Hall–Kier alpha value is -2.50. The number of amides is 1. The monoisotopic (exact) mass is 355 g/mol. The van der Waals surface area contributed by atoms with E-state index in [1.807, 2.05) is 6.07 Å². The average molecular weight is 355 g/mol. The second-order valence-electron chi connectivity index (χ2n) is 7.20. The zero-order valence-corrected chi connectivity index (χ0v) is 14.6. The minimum atomic E-state index is -0.344. The second kappa shape index (κ2) is 7.02. The van der Waals surface area contributed by atoms with Gasteiger partial charge in [0, 0.05) is 25.1 Å². The zero-order chi connectivity index (χ0) is 18.1. The fourth-order valence-corrected chi connectivity index (χ4v) is 3.57. The molecule has 0 spiro atoms. The van der Waals surface area contributed by atoms with Crippen LogP contribution >= 0.6 is 0 Å². The molecule has 1 aromatic carbocycles. The van der Waals surface area contributed by atoms with Gasteiger partial charge in [-0.15, -0.1) is 0 Å². The van der Waals surface area contributed by atoms with Gasteiger partial charge in [0.15, 0.2) is 0 Å². The van der Waals surface area contributed by atoms with Crippen molar-refractivity contribution in [2.45, 2.75) is 44.1 Å². The third-order valence-corrected chi connectivity index (χ3v) is 5.30. The first-order valence-electron chi connectivity index (χ1n) is 9.23. The lowest BCUT2D eigenvalue weighted by Gasteiger charge is -2.32. The summed E-state index contributed by atoms with van der Waals surface area (Å²) in [6, 6.07) is 9.85. The Kier molecular flexibility index (Phi) is 4.57. The summed E-state index contributed by atoms with van der Waals surface area (Å²) < 4.78 is 15.3. The third kappa shape index (κ3) is 3.54. The molecule has 0 N–H and O–H groups in total. The molecule has 2 heterocycles. The molecule has 1 amide bonds. The van der Waals surface area contributed by atoms with Crippen LogP contribution in [-0.2, 0) is 11.2 Å². The summed E-state index contributed by atoms with van der Waals surface area (Å²) in [6.45, 7) is 1.14. The maximum absolute atomic E-state index is 13.7. The summed E-state index contributed by atoms with van der Waals surface area (Å²) in [4.78, 5) is 26.4. The molecule has 1 saturated heterocycles. The number of benzene rings is 1. The highest BCUT2D eigenvalue weighted by Crippen LogP contribution is 2.38. The molecule has 2 aliphatic rings. The molecule has 2 aromatic rings. The molecule has 1 saturated carbocycles. The summed E-state index contributed by atoms with van der Waals surface area (Å²) in [6.07, 6.45) is 3.77. The zero-order valence-electron chi connectivity index (χ0n) is 14.6. The van der Waals surface area contributed by atoms with E-state index >= 15 is 0 Å². The van der Waals surface area contributed by atoms with E-state index in [0.717, 1.165) is 18.5 Å². The fraction of sp³-hybridized carbons (Fsp3) is 0.450. The molecule has 0 radical (unpaired) electrons. The van der Waals surface area contributed by atoms with Crippen LogP contribution in [0.25, 0.3) is 0 Å². The van der Waals surface area contributed by atoms with Crippen molar-refractivity contribution in [3.63, 3.8) is 0 Å². The van der Waals surface area contributed by atoms with Crippen LogP contribution in [0.3, 0.4) is 0 Å². The van der Waals surface area contributed by atoms with Gasteiger partial charge in [-0.05, 0) is 43.4 Å². The van der Waals surface area contributed by atoms with Crippen LogP contribution in [-0.4, -0.2) is 33.7 Å². The van der Waals surface area contributed by atoms with Crippen molar-refractivity contribution in [2.24, 2.45) is 0 Å². The highest BCUT2D eigenvalue weighted by Gasteiger charge is 2.28. The number of nitrogens with zero attached hydrogens (tertiary/aromatic N) is 3. The lowest BCUT2D eigenvalue weighted by Crippen LogP contribution is -2.42. The number of aromatic nitrogens is 2. The number of carbonyl (C=O) groups is 1. The molecular weight excluding hydrogens is 333 g/mol. The summed E-state index contributed by atoms with van der Waals surface area (Å²) in [5.41, 5.74) is 1.35. The SMILES string of the molecule is O=C(Cc1ccccc1F)N1CCC(n2nc(C3CC3)ccc2=O)CC1. The topological polar surface area (TPSA) is 55.2 Å². The van der Waals surface area contributed by atoms with E-state index in [1.165, 1.54) is 6.07 Å².